The van der Waals surface area contributed by atoms with Crippen LogP contribution in [0, 0.1) is 12.8 Å². The Balaban J connectivity index is 1.13. The lowest BCUT2D eigenvalue weighted by Crippen LogP contribution is -2.39. The Morgan fingerprint density at radius 1 is 1.09 bits per heavy atom. The second-order valence-corrected chi connectivity index (χ2v) is 9.35. The average Bonchev–Trinajstić information content (AvgIpc) is 3.48. The number of nitrogens with zero attached hydrogens (tertiary/aromatic N) is 4. The van der Waals surface area contributed by atoms with E-state index in [0.717, 1.165) is 74.7 Å². The predicted molar refractivity (Wildman–Crippen MR) is 128 cm³/mol. The lowest BCUT2D eigenvalue weighted by atomic mass is 9.91. The van der Waals surface area contributed by atoms with Crippen molar-refractivity contribution in [3.05, 3.63) is 53.6 Å². The Hall–Kier alpha value is -2.89. The lowest BCUT2D eigenvalue weighted by Gasteiger charge is -2.32. The van der Waals surface area contributed by atoms with Gasteiger partial charge in [0.1, 0.15) is 11.6 Å². The summed E-state index contributed by atoms with van der Waals surface area (Å²) in [6, 6.07) is 10.5. The highest BCUT2D eigenvalue weighted by Gasteiger charge is 2.24. The fourth-order valence-electron chi connectivity index (χ4n) is 5.25. The van der Waals surface area contributed by atoms with Gasteiger partial charge in [0.25, 0.3) is 0 Å². The number of hydrogen-bond donors (Lipinski definition) is 1. The molecule has 0 aliphatic carbocycles. The first-order valence-electron chi connectivity index (χ1n) is 12.1. The maximum atomic E-state index is 12.8. The third-order valence-electron chi connectivity index (χ3n) is 7.06. The SMILES string of the molecule is Cc1nc(CC2CCN(C(=O)CCc3c[nH]c4ccccc34)CC2)cc(N2CCCC2)n1. The van der Waals surface area contributed by atoms with Crippen LogP contribution in [0.4, 0.5) is 5.82 Å². The van der Waals surface area contributed by atoms with Gasteiger partial charge >= 0.3 is 0 Å². The van der Waals surface area contributed by atoms with Gasteiger partial charge < -0.3 is 14.8 Å². The van der Waals surface area contributed by atoms with Gasteiger partial charge in [0.15, 0.2) is 0 Å². The number of anilines is 1. The van der Waals surface area contributed by atoms with Crippen molar-refractivity contribution in [3.8, 4) is 0 Å². The summed E-state index contributed by atoms with van der Waals surface area (Å²) in [4.78, 5) is 30.0. The number of piperidine rings is 1. The number of carbonyl (C=O) groups excluding carboxylic acids is 1. The van der Waals surface area contributed by atoms with Crippen LogP contribution in [0.2, 0.25) is 0 Å². The summed E-state index contributed by atoms with van der Waals surface area (Å²) in [6.45, 7) is 5.93. The molecular formula is C26H33N5O. The number of H-pyrrole nitrogens is 1. The van der Waals surface area contributed by atoms with Gasteiger partial charge in [-0.15, -0.1) is 0 Å². The first kappa shape index (κ1) is 21.0. The van der Waals surface area contributed by atoms with Crippen molar-refractivity contribution in [3.63, 3.8) is 0 Å². The number of para-hydroxylation sites is 1. The van der Waals surface area contributed by atoms with Gasteiger partial charge in [-0.3, -0.25) is 4.79 Å². The maximum Gasteiger partial charge on any atom is 0.222 e. The summed E-state index contributed by atoms with van der Waals surface area (Å²) in [7, 11) is 0. The first-order chi connectivity index (χ1) is 15.7. The number of benzene rings is 1. The number of amides is 1. The zero-order valence-electron chi connectivity index (χ0n) is 19.0. The van der Waals surface area contributed by atoms with Crippen molar-refractivity contribution in [1.82, 2.24) is 19.9 Å². The molecule has 6 nitrogen and oxygen atoms in total. The molecular weight excluding hydrogens is 398 g/mol. The van der Waals surface area contributed by atoms with Crippen LogP contribution in [-0.2, 0) is 17.6 Å². The molecule has 3 aromatic rings. The fraction of sp³-hybridized carbons (Fsp3) is 0.500. The molecule has 5 rings (SSSR count). The van der Waals surface area contributed by atoms with Crippen molar-refractivity contribution in [2.75, 3.05) is 31.1 Å². The number of fused-ring (bicyclic) bond motifs is 1. The molecule has 0 saturated carbocycles. The average molecular weight is 432 g/mol. The van der Waals surface area contributed by atoms with Gasteiger partial charge in [-0.05, 0) is 63.0 Å². The molecule has 2 aliphatic heterocycles. The number of nitrogens with one attached hydrogen (secondary N) is 1. The Labute approximate surface area is 190 Å². The van der Waals surface area contributed by atoms with Crippen molar-refractivity contribution < 1.29 is 4.79 Å². The molecule has 0 atom stereocenters. The topological polar surface area (TPSA) is 65.1 Å². The number of likely N-dealkylation sites (tertiary alicyclic amines) is 1. The van der Waals surface area contributed by atoms with Crippen LogP contribution in [0.25, 0.3) is 10.9 Å². The van der Waals surface area contributed by atoms with E-state index in [1.54, 1.807) is 0 Å². The second-order valence-electron chi connectivity index (χ2n) is 9.35. The minimum Gasteiger partial charge on any atom is -0.361 e. The van der Waals surface area contributed by atoms with E-state index in [1.807, 2.05) is 19.2 Å². The highest BCUT2D eigenvalue weighted by Crippen LogP contribution is 2.25. The zero-order chi connectivity index (χ0) is 21.9. The highest BCUT2D eigenvalue weighted by molar-refractivity contribution is 5.84. The van der Waals surface area contributed by atoms with Crippen LogP contribution < -0.4 is 4.90 Å². The highest BCUT2D eigenvalue weighted by atomic mass is 16.2. The molecule has 168 valence electrons. The van der Waals surface area contributed by atoms with Gasteiger partial charge in [-0.1, -0.05) is 18.2 Å². The summed E-state index contributed by atoms with van der Waals surface area (Å²) < 4.78 is 0. The smallest absolute Gasteiger partial charge is 0.222 e. The Kier molecular flexibility index (Phi) is 6.10. The quantitative estimate of drug-likeness (QED) is 0.633. The van der Waals surface area contributed by atoms with Crippen molar-refractivity contribution >= 4 is 22.6 Å². The van der Waals surface area contributed by atoms with Crippen molar-refractivity contribution in [1.29, 1.82) is 0 Å². The van der Waals surface area contributed by atoms with Crippen molar-refractivity contribution in [2.24, 2.45) is 5.92 Å². The third-order valence-corrected chi connectivity index (χ3v) is 7.06. The fourth-order valence-corrected chi connectivity index (χ4v) is 5.25. The van der Waals surface area contributed by atoms with E-state index in [0.29, 0.717) is 12.3 Å². The molecule has 6 heteroatoms. The maximum absolute atomic E-state index is 12.8. The number of rotatable bonds is 6. The van der Waals surface area contributed by atoms with Crippen LogP contribution in [0.3, 0.4) is 0 Å². The predicted octanol–water partition coefficient (Wildman–Crippen LogP) is 4.28. The molecule has 2 aliphatic rings. The zero-order valence-corrected chi connectivity index (χ0v) is 19.0. The minimum absolute atomic E-state index is 0.280. The summed E-state index contributed by atoms with van der Waals surface area (Å²) in [5.74, 6) is 2.83. The molecule has 0 radical (unpaired) electrons. The number of carbonyl (C=O) groups is 1. The number of hydrogen-bond acceptors (Lipinski definition) is 4. The third kappa shape index (κ3) is 4.64. The molecule has 1 amide bonds. The largest absolute Gasteiger partial charge is 0.361 e. The summed E-state index contributed by atoms with van der Waals surface area (Å²) in [5, 5.41) is 1.23. The molecule has 2 fully saturated rings. The molecule has 32 heavy (non-hydrogen) atoms. The molecule has 0 spiro atoms. The molecule has 1 N–H and O–H groups in total. The molecule has 1 aromatic carbocycles. The minimum atomic E-state index is 0.280. The van der Waals surface area contributed by atoms with Gasteiger partial charge in [-0.25, -0.2) is 9.97 Å². The Bertz CT molecular complexity index is 1080. The van der Waals surface area contributed by atoms with Gasteiger partial charge in [0.2, 0.25) is 5.91 Å². The number of aromatic amines is 1. The summed E-state index contributed by atoms with van der Waals surface area (Å²) in [6.07, 6.45) is 9.03. The van der Waals surface area contributed by atoms with Gasteiger partial charge in [-0.2, -0.15) is 0 Å². The monoisotopic (exact) mass is 431 g/mol. The van der Waals surface area contributed by atoms with Crippen LogP contribution in [0.5, 0.6) is 0 Å². The summed E-state index contributed by atoms with van der Waals surface area (Å²) in [5.41, 5.74) is 3.53. The van der Waals surface area contributed by atoms with E-state index < -0.39 is 0 Å². The van der Waals surface area contributed by atoms with E-state index in [4.69, 9.17) is 4.98 Å². The van der Waals surface area contributed by atoms with Crippen LogP contribution in [0.15, 0.2) is 36.5 Å². The van der Waals surface area contributed by atoms with E-state index in [-0.39, 0.29) is 5.91 Å². The van der Waals surface area contributed by atoms with Gasteiger partial charge in [0, 0.05) is 61.5 Å². The number of aryl methyl sites for hydroxylation is 2. The summed E-state index contributed by atoms with van der Waals surface area (Å²) >= 11 is 0. The molecule has 2 saturated heterocycles. The van der Waals surface area contributed by atoms with E-state index in [2.05, 4.69) is 44.0 Å². The standard InChI is InChI=1S/C26H33N5O/c1-19-28-22(17-25(29-19)30-12-4-5-13-30)16-20-10-14-31(15-11-20)26(32)9-8-21-18-27-24-7-3-2-6-23(21)24/h2-3,6-7,17-18,20,27H,4-5,8-16H2,1H3. The Morgan fingerprint density at radius 2 is 1.88 bits per heavy atom. The van der Waals surface area contributed by atoms with E-state index in [1.165, 1.54) is 23.8 Å². The lowest BCUT2D eigenvalue weighted by molar-refractivity contribution is -0.132. The second kappa shape index (κ2) is 9.31. The Morgan fingerprint density at radius 3 is 2.69 bits per heavy atom. The first-order valence-corrected chi connectivity index (χ1v) is 12.1. The molecule has 0 bridgehead atoms. The molecule has 2 aromatic heterocycles. The van der Waals surface area contributed by atoms with Crippen LogP contribution >= 0.6 is 0 Å². The number of aromatic nitrogens is 3. The van der Waals surface area contributed by atoms with Crippen molar-refractivity contribution in [2.45, 2.75) is 51.9 Å². The van der Waals surface area contributed by atoms with Gasteiger partial charge in [0.05, 0.1) is 0 Å². The molecule has 4 heterocycles. The van der Waals surface area contributed by atoms with Crippen LogP contribution in [0.1, 0.15) is 49.2 Å². The van der Waals surface area contributed by atoms with Crippen LogP contribution in [-0.4, -0.2) is 51.9 Å². The van der Waals surface area contributed by atoms with E-state index >= 15 is 0 Å². The van der Waals surface area contributed by atoms with E-state index in [9.17, 15) is 4.79 Å². The normalized spacial score (nSPS) is 17.4. The molecule has 0 unspecified atom stereocenters.